The molecule has 9 heteroatoms. The Morgan fingerprint density at radius 1 is 1.00 bits per heavy atom. The van der Waals surface area contributed by atoms with Crippen molar-refractivity contribution in [2.45, 2.75) is 22.8 Å². The highest BCUT2D eigenvalue weighted by atomic mass is 32.2. The van der Waals surface area contributed by atoms with E-state index in [0.717, 1.165) is 14.4 Å². The van der Waals surface area contributed by atoms with Crippen LogP contribution in [0.2, 0.25) is 0 Å². The Hall–Kier alpha value is -3.59. The molecule has 2 aromatic heterocycles. The fourth-order valence-corrected chi connectivity index (χ4v) is 4.22. The average molecular weight is 436 g/mol. The van der Waals surface area contributed by atoms with Crippen LogP contribution in [0.3, 0.4) is 0 Å². The van der Waals surface area contributed by atoms with Gasteiger partial charge in [-0.1, -0.05) is 42.1 Å². The molecule has 0 aliphatic heterocycles. The van der Waals surface area contributed by atoms with Gasteiger partial charge in [0.1, 0.15) is 6.04 Å². The molecule has 0 aliphatic carbocycles. The van der Waals surface area contributed by atoms with Crippen LogP contribution in [-0.2, 0) is 18.9 Å². The number of benzene rings is 2. The number of fused-ring (bicyclic) bond motifs is 1. The summed E-state index contributed by atoms with van der Waals surface area (Å²) in [4.78, 5) is 44.0. The summed E-state index contributed by atoms with van der Waals surface area (Å²) in [5, 5.41) is 2.96. The van der Waals surface area contributed by atoms with E-state index in [2.05, 4.69) is 10.3 Å². The summed E-state index contributed by atoms with van der Waals surface area (Å²) in [5.41, 5.74) is 0.173. The van der Waals surface area contributed by atoms with Crippen LogP contribution >= 0.6 is 11.8 Å². The van der Waals surface area contributed by atoms with Crippen molar-refractivity contribution in [3.8, 4) is 0 Å². The van der Waals surface area contributed by atoms with E-state index < -0.39 is 17.3 Å². The second kappa shape index (κ2) is 8.27. The fourth-order valence-electron chi connectivity index (χ4n) is 3.30. The number of aryl methyl sites for hydroxylation is 1. The molecule has 158 valence electrons. The van der Waals surface area contributed by atoms with Crippen molar-refractivity contribution in [2.75, 3.05) is 5.32 Å². The molecule has 4 aromatic rings. The molecule has 2 aromatic carbocycles. The van der Waals surface area contributed by atoms with Crippen LogP contribution < -0.4 is 16.6 Å². The van der Waals surface area contributed by atoms with Crippen LogP contribution in [0.5, 0.6) is 0 Å². The molecule has 31 heavy (non-hydrogen) atoms. The molecule has 1 N–H and O–H groups in total. The lowest BCUT2D eigenvalue weighted by molar-refractivity contribution is -0.118. The first-order valence-corrected chi connectivity index (χ1v) is 10.5. The van der Waals surface area contributed by atoms with Gasteiger partial charge >= 0.3 is 5.69 Å². The largest absolute Gasteiger partial charge is 0.332 e. The molecule has 0 spiro atoms. The highest BCUT2D eigenvalue weighted by Gasteiger charge is 2.22. The standard InChI is InChI=1S/C22H21N5O3S/c1-14(27-13-23-19-18(27)21(29)26(3)22(30)25(19)2)20(28)24-16-11-7-8-12-17(16)31-15-9-5-4-6-10-15/h4-14H,1-3H3,(H,24,28)/t14-/m1/s1. The molecular formula is C22H21N5O3S. The molecule has 2 heterocycles. The van der Waals surface area contributed by atoms with Crippen molar-refractivity contribution in [3.63, 3.8) is 0 Å². The van der Waals surface area contributed by atoms with Crippen molar-refractivity contribution < 1.29 is 4.79 Å². The fraction of sp³-hybridized carbons (Fsp3) is 0.182. The van der Waals surface area contributed by atoms with E-state index in [0.29, 0.717) is 5.69 Å². The maximum absolute atomic E-state index is 13.1. The Balaban J connectivity index is 1.65. The highest BCUT2D eigenvalue weighted by Crippen LogP contribution is 2.33. The van der Waals surface area contributed by atoms with Gasteiger partial charge in [0.15, 0.2) is 11.2 Å². The number of nitrogens with zero attached hydrogens (tertiary/aromatic N) is 4. The van der Waals surface area contributed by atoms with Crippen LogP contribution in [0.15, 0.2) is 80.3 Å². The SMILES string of the molecule is C[C@H](C(=O)Nc1ccccc1Sc1ccccc1)n1cnc2c1c(=O)n(C)c(=O)n2C. The summed E-state index contributed by atoms with van der Waals surface area (Å²) in [6, 6.07) is 16.7. The van der Waals surface area contributed by atoms with E-state index in [4.69, 9.17) is 0 Å². The number of aromatic nitrogens is 4. The number of anilines is 1. The number of carbonyl (C=O) groups is 1. The highest BCUT2D eigenvalue weighted by molar-refractivity contribution is 7.99. The molecule has 4 rings (SSSR count). The van der Waals surface area contributed by atoms with Crippen LogP contribution in [0.4, 0.5) is 5.69 Å². The predicted octanol–water partition coefficient (Wildman–Crippen LogP) is 2.78. The Bertz CT molecular complexity index is 1390. The number of nitrogens with one attached hydrogen (secondary N) is 1. The first kappa shape index (κ1) is 20.7. The first-order valence-electron chi connectivity index (χ1n) is 9.64. The van der Waals surface area contributed by atoms with Gasteiger partial charge in [0, 0.05) is 23.9 Å². The maximum Gasteiger partial charge on any atom is 0.332 e. The van der Waals surface area contributed by atoms with Crippen LogP contribution in [0.25, 0.3) is 11.2 Å². The summed E-state index contributed by atoms with van der Waals surface area (Å²) in [6.45, 7) is 1.69. The number of amides is 1. The topological polar surface area (TPSA) is 90.9 Å². The molecule has 0 bridgehead atoms. The quantitative estimate of drug-likeness (QED) is 0.521. The van der Waals surface area contributed by atoms with Crippen LogP contribution in [-0.4, -0.2) is 24.6 Å². The lowest BCUT2D eigenvalue weighted by Crippen LogP contribution is -2.38. The van der Waals surface area contributed by atoms with Crippen molar-refractivity contribution in [3.05, 3.63) is 81.8 Å². The normalized spacial score (nSPS) is 12.1. The molecule has 1 atom stereocenters. The van der Waals surface area contributed by atoms with Gasteiger partial charge in [-0.15, -0.1) is 0 Å². The minimum Gasteiger partial charge on any atom is -0.323 e. The number of imidazole rings is 1. The zero-order chi connectivity index (χ0) is 22.1. The lowest BCUT2D eigenvalue weighted by Gasteiger charge is -2.16. The molecule has 0 unspecified atom stereocenters. The maximum atomic E-state index is 13.1. The lowest BCUT2D eigenvalue weighted by atomic mass is 10.2. The smallest absolute Gasteiger partial charge is 0.323 e. The van der Waals surface area contributed by atoms with Gasteiger partial charge in [-0.2, -0.15) is 0 Å². The minimum absolute atomic E-state index is 0.208. The van der Waals surface area contributed by atoms with Gasteiger partial charge in [-0.25, -0.2) is 9.78 Å². The Morgan fingerprint density at radius 2 is 1.68 bits per heavy atom. The van der Waals surface area contributed by atoms with Crippen molar-refractivity contribution >= 4 is 34.5 Å². The number of carbonyl (C=O) groups excluding carboxylic acids is 1. The van der Waals surface area contributed by atoms with Gasteiger partial charge in [0.2, 0.25) is 5.91 Å². The summed E-state index contributed by atoms with van der Waals surface area (Å²) < 4.78 is 3.81. The third kappa shape index (κ3) is 3.79. The number of hydrogen-bond acceptors (Lipinski definition) is 5. The van der Waals surface area contributed by atoms with Gasteiger partial charge < -0.3 is 9.88 Å². The second-order valence-corrected chi connectivity index (χ2v) is 8.22. The van der Waals surface area contributed by atoms with E-state index in [1.165, 1.54) is 22.5 Å². The summed E-state index contributed by atoms with van der Waals surface area (Å²) >= 11 is 1.55. The first-order chi connectivity index (χ1) is 14.9. The minimum atomic E-state index is -0.718. The van der Waals surface area contributed by atoms with Crippen molar-refractivity contribution in [1.29, 1.82) is 0 Å². The van der Waals surface area contributed by atoms with Gasteiger partial charge in [0.25, 0.3) is 5.56 Å². The van der Waals surface area contributed by atoms with Crippen molar-refractivity contribution in [2.24, 2.45) is 14.1 Å². The van der Waals surface area contributed by atoms with E-state index in [1.54, 1.807) is 25.7 Å². The number of para-hydroxylation sites is 1. The zero-order valence-corrected chi connectivity index (χ0v) is 18.1. The molecule has 0 fully saturated rings. The van der Waals surface area contributed by atoms with Crippen molar-refractivity contribution in [1.82, 2.24) is 18.7 Å². The van der Waals surface area contributed by atoms with Crippen LogP contribution in [0, 0.1) is 0 Å². The second-order valence-electron chi connectivity index (χ2n) is 7.11. The van der Waals surface area contributed by atoms with E-state index in [-0.39, 0.29) is 17.1 Å². The Labute approximate surface area is 182 Å². The molecule has 8 nitrogen and oxygen atoms in total. The molecule has 1 amide bonds. The molecule has 0 saturated heterocycles. The summed E-state index contributed by atoms with van der Waals surface area (Å²) in [5.74, 6) is -0.295. The van der Waals surface area contributed by atoms with Crippen LogP contribution in [0.1, 0.15) is 13.0 Å². The Morgan fingerprint density at radius 3 is 2.42 bits per heavy atom. The molecular weight excluding hydrogens is 414 g/mol. The Kier molecular flexibility index (Phi) is 5.51. The summed E-state index contributed by atoms with van der Waals surface area (Å²) in [7, 11) is 2.95. The molecule has 0 saturated carbocycles. The van der Waals surface area contributed by atoms with Gasteiger partial charge in [0.05, 0.1) is 12.0 Å². The zero-order valence-electron chi connectivity index (χ0n) is 17.3. The molecule has 0 aliphatic rings. The van der Waals surface area contributed by atoms with E-state index >= 15 is 0 Å². The molecule has 0 radical (unpaired) electrons. The summed E-state index contributed by atoms with van der Waals surface area (Å²) in [6.07, 6.45) is 1.42. The van der Waals surface area contributed by atoms with Gasteiger partial charge in [-0.3, -0.25) is 18.7 Å². The average Bonchev–Trinajstić information content (AvgIpc) is 3.23. The van der Waals surface area contributed by atoms with E-state index in [9.17, 15) is 14.4 Å². The number of hydrogen-bond donors (Lipinski definition) is 1. The van der Waals surface area contributed by atoms with E-state index in [1.807, 2.05) is 54.6 Å². The number of rotatable bonds is 5. The predicted molar refractivity (Wildman–Crippen MR) is 121 cm³/mol. The third-order valence-electron chi connectivity index (χ3n) is 5.09. The third-order valence-corrected chi connectivity index (χ3v) is 6.17. The monoisotopic (exact) mass is 435 g/mol. The van der Waals surface area contributed by atoms with Gasteiger partial charge in [-0.05, 0) is 31.2 Å².